The Morgan fingerprint density at radius 2 is 1.79 bits per heavy atom. The number of carbonyl (C=O) groups excluding carboxylic acids is 1. The van der Waals surface area contributed by atoms with Crippen molar-refractivity contribution in [2.75, 3.05) is 6.61 Å². The first-order valence-corrected chi connectivity index (χ1v) is 6.02. The summed E-state index contributed by atoms with van der Waals surface area (Å²) in [5, 5.41) is 36.4. The number of phenolic OH excluding ortho intramolecular Hbond substituents is 3. The molecule has 1 unspecified atom stereocenters. The van der Waals surface area contributed by atoms with Gasteiger partial charge in [-0.15, -0.1) is 0 Å². The van der Waals surface area contributed by atoms with Crippen LogP contribution < -0.4 is 0 Å². The molecule has 0 bridgehead atoms. The fourth-order valence-electron chi connectivity index (χ4n) is 1.58. The molecule has 0 aliphatic heterocycles. The van der Waals surface area contributed by atoms with Gasteiger partial charge in [-0.1, -0.05) is 0 Å². The summed E-state index contributed by atoms with van der Waals surface area (Å²) in [6, 6.07) is 2.05. The zero-order chi connectivity index (χ0) is 14.4. The van der Waals surface area contributed by atoms with E-state index in [9.17, 15) is 15.0 Å². The lowest BCUT2D eigenvalue weighted by Crippen LogP contribution is -2.15. The average Bonchev–Trinajstić information content (AvgIpc) is 2.35. The predicted octanol–water partition coefficient (Wildman–Crippen LogP) is 1.51. The van der Waals surface area contributed by atoms with Crippen LogP contribution in [0.4, 0.5) is 0 Å². The van der Waals surface area contributed by atoms with E-state index in [2.05, 4.69) is 0 Å². The van der Waals surface area contributed by atoms with Gasteiger partial charge in [0.1, 0.15) is 0 Å². The van der Waals surface area contributed by atoms with Crippen LogP contribution in [-0.2, 0) is 4.74 Å². The molecule has 1 atom stereocenters. The fraction of sp³-hybridized carbons (Fsp3) is 0.462. The number of rotatable bonds is 6. The first-order chi connectivity index (χ1) is 8.95. The van der Waals surface area contributed by atoms with Gasteiger partial charge in [0.15, 0.2) is 17.2 Å². The molecule has 0 aromatic heterocycles. The van der Waals surface area contributed by atoms with Gasteiger partial charge >= 0.3 is 5.97 Å². The molecule has 1 aromatic rings. The first kappa shape index (κ1) is 15.1. The minimum Gasteiger partial charge on any atom is -0.504 e. The number of esters is 1. The van der Waals surface area contributed by atoms with Gasteiger partial charge in [-0.05, 0) is 38.3 Å². The maximum Gasteiger partial charge on any atom is 0.338 e. The van der Waals surface area contributed by atoms with Crippen LogP contribution in [0.1, 0.15) is 36.5 Å². The van der Waals surface area contributed by atoms with Crippen LogP contribution in [0.5, 0.6) is 17.2 Å². The minimum atomic E-state index is -0.693. The number of benzene rings is 1. The highest BCUT2D eigenvalue weighted by atomic mass is 16.5. The number of phenols is 3. The molecule has 19 heavy (non-hydrogen) atoms. The molecule has 0 saturated heterocycles. The molecular weight excluding hydrogens is 252 g/mol. The summed E-state index contributed by atoms with van der Waals surface area (Å²) < 4.78 is 5.11. The van der Waals surface area contributed by atoms with E-state index in [0.29, 0.717) is 12.8 Å². The molecule has 106 valence electrons. The van der Waals surface area contributed by atoms with Crippen LogP contribution >= 0.6 is 0 Å². The number of hydrogen-bond acceptors (Lipinski definition) is 6. The topological polar surface area (TPSA) is 107 Å². The molecule has 6 nitrogen and oxygen atoms in total. The van der Waals surface area contributed by atoms with Crippen molar-refractivity contribution in [3.05, 3.63) is 17.7 Å². The predicted molar refractivity (Wildman–Crippen MR) is 67.3 cm³/mol. The van der Waals surface area contributed by atoms with Crippen molar-refractivity contribution in [1.82, 2.24) is 0 Å². The number of ether oxygens (including phenoxy) is 1. The van der Waals surface area contributed by atoms with Gasteiger partial charge in [-0.25, -0.2) is 4.79 Å². The van der Waals surface area contributed by atoms with E-state index in [1.54, 1.807) is 6.92 Å². The summed E-state index contributed by atoms with van der Waals surface area (Å²) in [5.41, 5.74) is -0.0400. The Morgan fingerprint density at radius 1 is 1.21 bits per heavy atom. The third kappa shape index (κ3) is 4.33. The number of carbonyl (C=O) groups is 1. The van der Waals surface area contributed by atoms with Gasteiger partial charge in [0, 0.05) is 6.61 Å². The second-order valence-electron chi connectivity index (χ2n) is 4.30. The Labute approximate surface area is 110 Å². The maximum absolute atomic E-state index is 11.7. The Bertz CT molecular complexity index is 420. The summed E-state index contributed by atoms with van der Waals surface area (Å²) in [6.07, 6.45) is 1.65. The molecule has 1 aromatic carbocycles. The summed E-state index contributed by atoms with van der Waals surface area (Å²) in [6.45, 7) is 1.82. The van der Waals surface area contributed by atoms with Crippen LogP contribution in [0.15, 0.2) is 12.1 Å². The van der Waals surface area contributed by atoms with Crippen molar-refractivity contribution in [2.45, 2.75) is 32.3 Å². The lowest BCUT2D eigenvalue weighted by molar-refractivity contribution is 0.0316. The molecule has 1 rings (SSSR count). The van der Waals surface area contributed by atoms with Crippen molar-refractivity contribution >= 4 is 5.97 Å². The van der Waals surface area contributed by atoms with E-state index in [-0.39, 0.29) is 18.3 Å². The minimum absolute atomic E-state index is 0.0400. The number of aromatic hydroxyl groups is 3. The summed E-state index contributed by atoms with van der Waals surface area (Å²) in [4.78, 5) is 11.7. The Hall–Kier alpha value is -1.95. The number of unbranched alkanes of at least 4 members (excludes halogenated alkanes) is 1. The monoisotopic (exact) mass is 270 g/mol. The molecule has 0 heterocycles. The third-order valence-corrected chi connectivity index (χ3v) is 2.63. The van der Waals surface area contributed by atoms with Gasteiger partial charge in [0.25, 0.3) is 0 Å². The number of hydrogen-bond donors (Lipinski definition) is 4. The molecule has 0 fully saturated rings. The van der Waals surface area contributed by atoms with E-state index < -0.39 is 23.2 Å². The summed E-state index contributed by atoms with van der Waals surface area (Å²) in [5.74, 6) is -2.53. The van der Waals surface area contributed by atoms with Crippen LogP contribution in [0.25, 0.3) is 0 Å². The van der Waals surface area contributed by atoms with Crippen LogP contribution in [0.3, 0.4) is 0 Å². The normalized spacial score (nSPS) is 12.1. The van der Waals surface area contributed by atoms with Gasteiger partial charge in [0.05, 0.1) is 11.7 Å². The highest BCUT2D eigenvalue weighted by molar-refractivity contribution is 5.91. The van der Waals surface area contributed by atoms with Crippen molar-refractivity contribution in [3.8, 4) is 17.2 Å². The molecular formula is C13H18O6. The lowest BCUT2D eigenvalue weighted by atomic mass is 10.1. The van der Waals surface area contributed by atoms with Gasteiger partial charge in [-0.2, -0.15) is 0 Å². The SMILES string of the molecule is CC(CCCCO)OC(=O)c1cc(O)c(O)c(O)c1. The highest BCUT2D eigenvalue weighted by Crippen LogP contribution is 2.35. The summed E-state index contributed by atoms with van der Waals surface area (Å²) >= 11 is 0. The molecule has 6 heteroatoms. The Morgan fingerprint density at radius 3 is 2.32 bits per heavy atom. The van der Waals surface area contributed by atoms with E-state index in [1.807, 2.05) is 0 Å². The quantitative estimate of drug-likeness (QED) is 0.354. The molecule has 0 amide bonds. The molecule has 0 aliphatic rings. The van der Waals surface area contributed by atoms with Gasteiger partial charge < -0.3 is 25.2 Å². The van der Waals surface area contributed by atoms with E-state index >= 15 is 0 Å². The molecule has 4 N–H and O–H groups in total. The van der Waals surface area contributed by atoms with Crippen LogP contribution in [0.2, 0.25) is 0 Å². The van der Waals surface area contributed by atoms with Gasteiger partial charge in [-0.3, -0.25) is 0 Å². The largest absolute Gasteiger partial charge is 0.504 e. The molecule has 0 radical (unpaired) electrons. The lowest BCUT2D eigenvalue weighted by Gasteiger charge is -2.13. The molecule has 0 aliphatic carbocycles. The van der Waals surface area contributed by atoms with E-state index in [0.717, 1.165) is 18.6 Å². The van der Waals surface area contributed by atoms with Crippen molar-refractivity contribution in [3.63, 3.8) is 0 Å². The van der Waals surface area contributed by atoms with E-state index in [1.165, 1.54) is 0 Å². The highest BCUT2D eigenvalue weighted by Gasteiger charge is 2.16. The number of aliphatic hydroxyl groups excluding tert-OH is 1. The van der Waals surface area contributed by atoms with Crippen molar-refractivity contribution < 1.29 is 30.0 Å². The maximum atomic E-state index is 11.7. The Kier molecular flexibility index (Phi) is 5.44. The Balaban J connectivity index is 2.63. The van der Waals surface area contributed by atoms with Crippen LogP contribution in [0, 0.1) is 0 Å². The van der Waals surface area contributed by atoms with Crippen LogP contribution in [-0.4, -0.2) is 39.1 Å². The summed E-state index contributed by atoms with van der Waals surface area (Å²) in [7, 11) is 0. The zero-order valence-corrected chi connectivity index (χ0v) is 10.7. The second kappa shape index (κ2) is 6.84. The van der Waals surface area contributed by atoms with Gasteiger partial charge in [0.2, 0.25) is 0 Å². The average molecular weight is 270 g/mol. The third-order valence-electron chi connectivity index (χ3n) is 2.63. The standard InChI is InChI=1S/C13H18O6/c1-8(4-2-3-5-14)19-13(18)9-6-10(15)12(17)11(16)7-9/h6-8,14-17H,2-5H2,1H3. The van der Waals surface area contributed by atoms with Crippen molar-refractivity contribution in [1.29, 1.82) is 0 Å². The first-order valence-electron chi connectivity index (χ1n) is 6.02. The van der Waals surface area contributed by atoms with E-state index in [4.69, 9.17) is 14.9 Å². The number of aliphatic hydroxyl groups is 1. The zero-order valence-electron chi connectivity index (χ0n) is 10.7. The fourth-order valence-corrected chi connectivity index (χ4v) is 1.58. The van der Waals surface area contributed by atoms with Crippen molar-refractivity contribution in [2.24, 2.45) is 0 Å². The molecule has 0 spiro atoms. The smallest absolute Gasteiger partial charge is 0.338 e. The second-order valence-corrected chi connectivity index (χ2v) is 4.30. The molecule has 0 saturated carbocycles.